The highest BCUT2D eigenvalue weighted by Gasteiger charge is 2.13. The molecule has 0 fully saturated rings. The largest absolute Gasteiger partial charge is 0.270 e. The van der Waals surface area contributed by atoms with Gasteiger partial charge in [-0.1, -0.05) is 24.3 Å². The summed E-state index contributed by atoms with van der Waals surface area (Å²) in [5, 5.41) is 10.8. The van der Waals surface area contributed by atoms with E-state index in [1.165, 1.54) is 0 Å². The van der Waals surface area contributed by atoms with E-state index in [4.69, 9.17) is 0 Å². The van der Waals surface area contributed by atoms with Crippen LogP contribution in [0.1, 0.15) is 0 Å². The van der Waals surface area contributed by atoms with Crippen molar-refractivity contribution >= 4 is 24.0 Å². The standard InChI is InChI=1S/C12H9N3S2/c16-12-14-13-11(10-7-4-8-17-10)15(12)9-5-2-1-3-6-9/h1-8H,(H,14,16). The number of thiol groups is 1. The highest BCUT2D eigenvalue weighted by molar-refractivity contribution is 7.80. The van der Waals surface area contributed by atoms with Crippen LogP contribution >= 0.6 is 24.0 Å². The van der Waals surface area contributed by atoms with E-state index >= 15 is 0 Å². The van der Waals surface area contributed by atoms with E-state index in [1.54, 1.807) is 11.3 Å². The number of hydrogen-bond acceptors (Lipinski definition) is 4. The maximum atomic E-state index is 4.36. The zero-order valence-electron chi connectivity index (χ0n) is 8.82. The lowest BCUT2D eigenvalue weighted by Gasteiger charge is -2.06. The third-order valence-electron chi connectivity index (χ3n) is 2.40. The van der Waals surface area contributed by atoms with Gasteiger partial charge in [0.15, 0.2) is 11.0 Å². The summed E-state index contributed by atoms with van der Waals surface area (Å²) in [6, 6.07) is 14.0. The minimum absolute atomic E-state index is 0.597. The van der Waals surface area contributed by atoms with E-state index in [2.05, 4.69) is 22.8 Å². The summed E-state index contributed by atoms with van der Waals surface area (Å²) in [7, 11) is 0. The highest BCUT2D eigenvalue weighted by Crippen LogP contribution is 2.27. The molecule has 0 aliphatic heterocycles. The zero-order valence-corrected chi connectivity index (χ0v) is 10.5. The summed E-state index contributed by atoms with van der Waals surface area (Å²) in [5.41, 5.74) is 1.02. The van der Waals surface area contributed by atoms with Gasteiger partial charge in [0, 0.05) is 5.69 Å². The second-order valence-corrected chi connectivity index (χ2v) is 4.82. The smallest absolute Gasteiger partial charge is 0.193 e. The Morgan fingerprint density at radius 3 is 2.53 bits per heavy atom. The fraction of sp³-hybridized carbons (Fsp3) is 0. The SMILES string of the molecule is Sc1nnc(-c2cccs2)n1-c1ccccc1. The first-order valence-electron chi connectivity index (χ1n) is 5.10. The van der Waals surface area contributed by atoms with Gasteiger partial charge < -0.3 is 0 Å². The third-order valence-corrected chi connectivity index (χ3v) is 3.56. The maximum absolute atomic E-state index is 4.36. The summed E-state index contributed by atoms with van der Waals surface area (Å²) < 4.78 is 1.94. The molecule has 0 aliphatic rings. The van der Waals surface area contributed by atoms with Crippen LogP contribution in [0.2, 0.25) is 0 Å². The monoisotopic (exact) mass is 259 g/mol. The van der Waals surface area contributed by atoms with Crippen molar-refractivity contribution in [2.24, 2.45) is 0 Å². The van der Waals surface area contributed by atoms with Crippen LogP contribution in [0.3, 0.4) is 0 Å². The van der Waals surface area contributed by atoms with Gasteiger partial charge >= 0.3 is 0 Å². The molecule has 5 heteroatoms. The molecule has 2 aromatic heterocycles. The van der Waals surface area contributed by atoms with Crippen LogP contribution in [-0.2, 0) is 0 Å². The van der Waals surface area contributed by atoms with Crippen molar-refractivity contribution in [1.29, 1.82) is 0 Å². The molecule has 84 valence electrons. The van der Waals surface area contributed by atoms with Crippen molar-refractivity contribution in [3.63, 3.8) is 0 Å². The number of rotatable bonds is 2. The van der Waals surface area contributed by atoms with E-state index < -0.39 is 0 Å². The zero-order chi connectivity index (χ0) is 11.7. The van der Waals surface area contributed by atoms with E-state index in [1.807, 2.05) is 52.4 Å². The molecule has 0 N–H and O–H groups in total. The average molecular weight is 259 g/mol. The van der Waals surface area contributed by atoms with Crippen molar-refractivity contribution in [2.45, 2.75) is 5.16 Å². The number of para-hydroxylation sites is 1. The Morgan fingerprint density at radius 2 is 1.82 bits per heavy atom. The van der Waals surface area contributed by atoms with Gasteiger partial charge in [-0.15, -0.1) is 34.2 Å². The molecule has 3 nitrogen and oxygen atoms in total. The van der Waals surface area contributed by atoms with Crippen LogP contribution in [0.25, 0.3) is 16.4 Å². The number of nitrogens with zero attached hydrogens (tertiary/aromatic N) is 3. The maximum Gasteiger partial charge on any atom is 0.193 e. The Labute approximate surface area is 108 Å². The number of hydrogen-bond donors (Lipinski definition) is 1. The molecule has 0 saturated heterocycles. The van der Waals surface area contributed by atoms with Crippen molar-refractivity contribution in [3.05, 3.63) is 47.8 Å². The van der Waals surface area contributed by atoms with Gasteiger partial charge in [0.25, 0.3) is 0 Å². The van der Waals surface area contributed by atoms with Gasteiger partial charge in [-0.3, -0.25) is 4.57 Å². The molecular weight excluding hydrogens is 250 g/mol. The van der Waals surface area contributed by atoms with Crippen LogP contribution in [0.15, 0.2) is 53.0 Å². The Balaban J connectivity index is 2.20. The van der Waals surface area contributed by atoms with Gasteiger partial charge in [-0.25, -0.2) is 0 Å². The van der Waals surface area contributed by atoms with Crippen LogP contribution in [-0.4, -0.2) is 14.8 Å². The first-order valence-corrected chi connectivity index (χ1v) is 6.42. The molecule has 0 unspecified atom stereocenters. The van der Waals surface area contributed by atoms with E-state index in [9.17, 15) is 0 Å². The second-order valence-electron chi connectivity index (χ2n) is 3.47. The summed E-state index contributed by atoms with van der Waals surface area (Å²) in [6.07, 6.45) is 0. The predicted octanol–water partition coefficient (Wildman–Crippen LogP) is 3.28. The van der Waals surface area contributed by atoms with Crippen LogP contribution in [0.4, 0.5) is 0 Å². The quantitative estimate of drug-likeness (QED) is 0.716. The van der Waals surface area contributed by atoms with Crippen LogP contribution < -0.4 is 0 Å². The fourth-order valence-corrected chi connectivity index (χ4v) is 2.61. The molecule has 0 atom stereocenters. The molecule has 1 aromatic carbocycles. The van der Waals surface area contributed by atoms with Gasteiger partial charge in [0.1, 0.15) is 0 Å². The van der Waals surface area contributed by atoms with E-state index in [0.29, 0.717) is 5.16 Å². The highest BCUT2D eigenvalue weighted by atomic mass is 32.1. The Bertz CT molecular complexity index is 615. The summed E-state index contributed by atoms with van der Waals surface area (Å²) in [5.74, 6) is 0.830. The van der Waals surface area contributed by atoms with Crippen molar-refractivity contribution in [3.8, 4) is 16.4 Å². The lowest BCUT2D eigenvalue weighted by Crippen LogP contribution is -1.96. The van der Waals surface area contributed by atoms with Gasteiger partial charge in [0.05, 0.1) is 4.88 Å². The summed E-state index contributed by atoms with van der Waals surface area (Å²) in [4.78, 5) is 1.08. The minimum atomic E-state index is 0.597. The number of aromatic nitrogens is 3. The molecule has 3 rings (SSSR count). The molecule has 0 bridgehead atoms. The molecule has 3 aromatic rings. The molecule has 2 heterocycles. The Hall–Kier alpha value is -1.59. The first-order chi connectivity index (χ1) is 8.36. The lowest BCUT2D eigenvalue weighted by atomic mass is 10.3. The third kappa shape index (κ3) is 1.87. The first kappa shape index (κ1) is 10.6. The number of benzene rings is 1. The molecular formula is C12H9N3S2. The van der Waals surface area contributed by atoms with E-state index in [0.717, 1.165) is 16.4 Å². The second kappa shape index (κ2) is 4.35. The molecule has 17 heavy (non-hydrogen) atoms. The lowest BCUT2D eigenvalue weighted by molar-refractivity contribution is 0.893. The topological polar surface area (TPSA) is 30.7 Å². The van der Waals surface area contributed by atoms with Crippen LogP contribution in [0.5, 0.6) is 0 Å². The Morgan fingerprint density at radius 1 is 1.00 bits per heavy atom. The summed E-state index contributed by atoms with van der Waals surface area (Å²) >= 11 is 6.00. The van der Waals surface area contributed by atoms with Gasteiger partial charge in [-0.2, -0.15) is 0 Å². The normalized spacial score (nSPS) is 10.6. The number of thiophene rings is 1. The molecule has 0 spiro atoms. The molecule has 0 radical (unpaired) electrons. The Kier molecular flexibility index (Phi) is 2.70. The molecule has 0 aliphatic carbocycles. The van der Waals surface area contributed by atoms with E-state index in [-0.39, 0.29) is 0 Å². The fourth-order valence-electron chi connectivity index (χ4n) is 1.66. The van der Waals surface area contributed by atoms with Crippen molar-refractivity contribution < 1.29 is 0 Å². The molecule has 0 amide bonds. The molecule has 0 saturated carbocycles. The minimum Gasteiger partial charge on any atom is -0.270 e. The van der Waals surface area contributed by atoms with Crippen LogP contribution in [0, 0.1) is 0 Å². The average Bonchev–Trinajstić information content (AvgIpc) is 2.98. The van der Waals surface area contributed by atoms with Crippen molar-refractivity contribution in [2.75, 3.05) is 0 Å². The predicted molar refractivity (Wildman–Crippen MR) is 71.9 cm³/mol. The van der Waals surface area contributed by atoms with Crippen molar-refractivity contribution in [1.82, 2.24) is 14.8 Å². The van der Waals surface area contributed by atoms with Gasteiger partial charge in [-0.05, 0) is 23.6 Å². The summed E-state index contributed by atoms with van der Waals surface area (Å²) in [6.45, 7) is 0. The van der Waals surface area contributed by atoms with Gasteiger partial charge in [0.2, 0.25) is 0 Å².